The number of carbonyl (C=O) groups is 1. The van der Waals surface area contributed by atoms with Gasteiger partial charge < -0.3 is 15.4 Å². The summed E-state index contributed by atoms with van der Waals surface area (Å²) >= 11 is 0. The number of urea groups is 1. The van der Waals surface area contributed by atoms with E-state index in [0.717, 1.165) is 25.0 Å². The van der Waals surface area contributed by atoms with Crippen molar-refractivity contribution in [1.82, 2.24) is 10.6 Å². The third-order valence-electron chi connectivity index (χ3n) is 2.56. The Balaban J connectivity index is 2.10. The molecule has 0 radical (unpaired) electrons. The molecule has 0 saturated carbocycles. The van der Waals surface area contributed by atoms with Crippen LogP contribution in [-0.4, -0.2) is 19.3 Å². The predicted octanol–water partition coefficient (Wildman–Crippen LogP) is 2.82. The van der Waals surface area contributed by atoms with Gasteiger partial charge in [-0.1, -0.05) is 37.5 Å². The Morgan fingerprint density at radius 3 is 2.56 bits per heavy atom. The van der Waals surface area contributed by atoms with Gasteiger partial charge in [-0.05, 0) is 25.5 Å². The molecule has 0 aromatic heterocycles. The fraction of sp³-hybridized carbons (Fsp3) is 0.500. The molecule has 1 rings (SSSR count). The summed E-state index contributed by atoms with van der Waals surface area (Å²) in [6.07, 6.45) is 3.31. The average molecular weight is 250 g/mol. The molecular weight excluding hydrogens is 228 g/mol. The van der Waals surface area contributed by atoms with Crippen molar-refractivity contribution in [2.45, 2.75) is 33.1 Å². The number of rotatable bonds is 7. The molecule has 0 fully saturated rings. The van der Waals surface area contributed by atoms with E-state index in [0.29, 0.717) is 6.54 Å². The van der Waals surface area contributed by atoms with E-state index in [2.05, 4.69) is 17.6 Å². The largest absolute Gasteiger partial charge is 0.473 e. The van der Waals surface area contributed by atoms with Crippen molar-refractivity contribution in [3.8, 4) is 5.75 Å². The highest BCUT2D eigenvalue weighted by molar-refractivity contribution is 5.73. The maximum atomic E-state index is 11.3. The van der Waals surface area contributed by atoms with Crippen molar-refractivity contribution in [2.24, 2.45) is 0 Å². The highest BCUT2D eigenvalue weighted by atomic mass is 16.5. The Bertz CT molecular complexity index is 349. The van der Waals surface area contributed by atoms with Crippen LogP contribution in [0.1, 0.15) is 31.7 Å². The summed E-state index contributed by atoms with van der Waals surface area (Å²) < 4.78 is 5.39. The lowest BCUT2D eigenvalue weighted by Gasteiger charge is -2.09. The first-order valence-electron chi connectivity index (χ1n) is 6.43. The molecule has 100 valence electrons. The van der Waals surface area contributed by atoms with Crippen LogP contribution in [0.4, 0.5) is 4.79 Å². The van der Waals surface area contributed by atoms with E-state index in [-0.39, 0.29) is 12.8 Å². The Kier molecular flexibility index (Phi) is 6.69. The molecular formula is C14H22N2O2. The van der Waals surface area contributed by atoms with Gasteiger partial charge in [0.2, 0.25) is 0 Å². The summed E-state index contributed by atoms with van der Waals surface area (Å²) in [6, 6.07) is 7.53. The molecule has 0 heterocycles. The molecule has 0 aliphatic carbocycles. The summed E-state index contributed by atoms with van der Waals surface area (Å²) in [5.41, 5.74) is 1.18. The van der Waals surface area contributed by atoms with Crippen LogP contribution in [0.3, 0.4) is 0 Å². The molecule has 0 aliphatic rings. The van der Waals surface area contributed by atoms with Crippen LogP contribution in [0.2, 0.25) is 0 Å². The van der Waals surface area contributed by atoms with E-state index in [4.69, 9.17) is 4.74 Å². The lowest BCUT2D eigenvalue weighted by Crippen LogP contribution is -2.38. The molecule has 18 heavy (non-hydrogen) atoms. The minimum absolute atomic E-state index is 0.182. The minimum Gasteiger partial charge on any atom is -0.473 e. The molecule has 0 saturated heterocycles. The molecule has 0 unspecified atom stereocenters. The number of aryl methyl sites for hydroxylation is 1. The summed E-state index contributed by atoms with van der Waals surface area (Å²) in [7, 11) is 0. The van der Waals surface area contributed by atoms with Gasteiger partial charge in [0.15, 0.2) is 6.73 Å². The van der Waals surface area contributed by atoms with Crippen LogP contribution in [0.15, 0.2) is 24.3 Å². The highest BCUT2D eigenvalue weighted by Gasteiger charge is 1.98. The number of ether oxygens (including phenoxy) is 1. The molecule has 2 amide bonds. The Labute approximate surface area is 109 Å². The maximum Gasteiger partial charge on any atom is 0.317 e. The van der Waals surface area contributed by atoms with Crippen LogP contribution in [0.5, 0.6) is 5.75 Å². The summed E-state index contributed by atoms with van der Waals surface area (Å²) in [5, 5.41) is 5.43. The molecule has 0 aliphatic heterocycles. The van der Waals surface area contributed by atoms with Gasteiger partial charge in [0.05, 0.1) is 0 Å². The van der Waals surface area contributed by atoms with Crippen LogP contribution < -0.4 is 15.4 Å². The summed E-state index contributed by atoms with van der Waals surface area (Å²) in [5.74, 6) is 0.756. The van der Waals surface area contributed by atoms with Crippen LogP contribution in [0, 0.1) is 6.92 Å². The molecule has 1 aromatic carbocycles. The van der Waals surface area contributed by atoms with Crippen molar-refractivity contribution in [3.05, 3.63) is 29.8 Å². The SMILES string of the molecule is CCCCCNC(=O)NCOc1ccc(C)cc1. The van der Waals surface area contributed by atoms with Gasteiger partial charge in [-0.25, -0.2) is 4.79 Å². The molecule has 1 aromatic rings. The van der Waals surface area contributed by atoms with E-state index in [1.54, 1.807) is 0 Å². The molecule has 4 nitrogen and oxygen atoms in total. The molecule has 0 spiro atoms. The monoisotopic (exact) mass is 250 g/mol. The van der Waals surface area contributed by atoms with E-state index < -0.39 is 0 Å². The fourth-order valence-corrected chi connectivity index (χ4v) is 1.46. The number of hydrogen-bond acceptors (Lipinski definition) is 2. The van der Waals surface area contributed by atoms with Gasteiger partial charge in [0, 0.05) is 6.54 Å². The maximum absolute atomic E-state index is 11.3. The van der Waals surface area contributed by atoms with Crippen molar-refractivity contribution >= 4 is 6.03 Å². The lowest BCUT2D eigenvalue weighted by molar-refractivity contribution is 0.224. The van der Waals surface area contributed by atoms with Crippen molar-refractivity contribution in [3.63, 3.8) is 0 Å². The van der Waals surface area contributed by atoms with Crippen molar-refractivity contribution in [1.29, 1.82) is 0 Å². The number of benzene rings is 1. The second-order valence-electron chi connectivity index (χ2n) is 4.24. The second kappa shape index (κ2) is 8.39. The Morgan fingerprint density at radius 2 is 1.89 bits per heavy atom. The normalized spacial score (nSPS) is 9.89. The number of amides is 2. The molecule has 0 atom stereocenters. The van der Waals surface area contributed by atoms with Gasteiger partial charge in [-0.15, -0.1) is 0 Å². The highest BCUT2D eigenvalue weighted by Crippen LogP contribution is 2.10. The van der Waals surface area contributed by atoms with E-state index in [1.165, 1.54) is 5.56 Å². The number of nitrogens with one attached hydrogen (secondary N) is 2. The van der Waals surface area contributed by atoms with Gasteiger partial charge in [-0.3, -0.25) is 0 Å². The average Bonchev–Trinajstić information content (AvgIpc) is 2.37. The first-order chi connectivity index (χ1) is 8.72. The smallest absolute Gasteiger partial charge is 0.317 e. The molecule has 0 bridgehead atoms. The van der Waals surface area contributed by atoms with Gasteiger partial charge in [-0.2, -0.15) is 0 Å². The van der Waals surface area contributed by atoms with Crippen LogP contribution in [-0.2, 0) is 0 Å². The fourth-order valence-electron chi connectivity index (χ4n) is 1.46. The third kappa shape index (κ3) is 6.13. The van der Waals surface area contributed by atoms with E-state index >= 15 is 0 Å². The zero-order chi connectivity index (χ0) is 13.2. The Hall–Kier alpha value is -1.71. The number of unbranched alkanes of at least 4 members (excludes halogenated alkanes) is 2. The first kappa shape index (κ1) is 14.4. The van der Waals surface area contributed by atoms with E-state index in [1.807, 2.05) is 31.2 Å². The summed E-state index contributed by atoms with van der Waals surface area (Å²) in [6.45, 7) is 5.05. The topological polar surface area (TPSA) is 50.4 Å². The van der Waals surface area contributed by atoms with Crippen LogP contribution >= 0.6 is 0 Å². The van der Waals surface area contributed by atoms with Gasteiger partial charge in [0.1, 0.15) is 5.75 Å². The molecule has 2 N–H and O–H groups in total. The van der Waals surface area contributed by atoms with Crippen molar-refractivity contribution < 1.29 is 9.53 Å². The minimum atomic E-state index is -0.182. The third-order valence-corrected chi connectivity index (χ3v) is 2.56. The number of hydrogen-bond donors (Lipinski definition) is 2. The first-order valence-corrected chi connectivity index (χ1v) is 6.43. The lowest BCUT2D eigenvalue weighted by atomic mass is 10.2. The Morgan fingerprint density at radius 1 is 1.17 bits per heavy atom. The second-order valence-corrected chi connectivity index (χ2v) is 4.24. The standard InChI is InChI=1S/C14H22N2O2/c1-3-4-5-10-15-14(17)16-11-18-13-8-6-12(2)7-9-13/h6-9H,3-5,10-11H2,1-2H3,(H2,15,16,17). The summed E-state index contributed by atoms with van der Waals surface area (Å²) in [4.78, 5) is 11.3. The van der Waals surface area contributed by atoms with Gasteiger partial charge >= 0.3 is 6.03 Å². The van der Waals surface area contributed by atoms with Crippen molar-refractivity contribution in [2.75, 3.05) is 13.3 Å². The van der Waals surface area contributed by atoms with E-state index in [9.17, 15) is 4.79 Å². The zero-order valence-corrected chi connectivity index (χ0v) is 11.2. The van der Waals surface area contributed by atoms with Gasteiger partial charge in [0.25, 0.3) is 0 Å². The zero-order valence-electron chi connectivity index (χ0n) is 11.2. The van der Waals surface area contributed by atoms with Crippen LogP contribution in [0.25, 0.3) is 0 Å². The number of carbonyl (C=O) groups excluding carboxylic acids is 1. The quantitative estimate of drug-likeness (QED) is 0.577. The predicted molar refractivity (Wildman–Crippen MR) is 72.7 cm³/mol. The molecule has 4 heteroatoms.